The van der Waals surface area contributed by atoms with Gasteiger partial charge in [0.2, 0.25) is 0 Å². The predicted molar refractivity (Wildman–Crippen MR) is 68.5 cm³/mol. The molecule has 1 heterocycles. The number of carbonyl (C=O) groups is 1. The minimum Gasteiger partial charge on any atom is -0.292 e. The van der Waals surface area contributed by atoms with Crippen molar-refractivity contribution in [3.63, 3.8) is 0 Å². The summed E-state index contributed by atoms with van der Waals surface area (Å²) in [5.41, 5.74) is 4.36. The lowest BCUT2D eigenvalue weighted by molar-refractivity contribution is 0.0988. The lowest BCUT2D eigenvalue weighted by Crippen LogP contribution is -2.06. The van der Waals surface area contributed by atoms with Crippen LogP contribution < -0.4 is 0 Å². The SMILES string of the molecule is O=C(Cc1ccc2c(c1)CCC2)c1cnccn1. The van der Waals surface area contributed by atoms with Crippen molar-refractivity contribution >= 4 is 5.78 Å². The first-order valence-corrected chi connectivity index (χ1v) is 6.23. The molecular weight excluding hydrogens is 224 g/mol. The summed E-state index contributed by atoms with van der Waals surface area (Å²) in [6.07, 6.45) is 8.61. The first kappa shape index (κ1) is 11.1. The minimum absolute atomic E-state index is 0.0287. The summed E-state index contributed by atoms with van der Waals surface area (Å²) >= 11 is 0. The quantitative estimate of drug-likeness (QED) is 0.771. The molecule has 1 aliphatic carbocycles. The summed E-state index contributed by atoms with van der Waals surface area (Å²) in [5.74, 6) is 0.0287. The van der Waals surface area contributed by atoms with Gasteiger partial charge in [-0.1, -0.05) is 18.2 Å². The van der Waals surface area contributed by atoms with Crippen LogP contribution in [0.25, 0.3) is 0 Å². The molecular formula is C15H14N2O. The number of hydrogen-bond acceptors (Lipinski definition) is 3. The topological polar surface area (TPSA) is 42.9 Å². The summed E-state index contributed by atoms with van der Waals surface area (Å²) in [6, 6.07) is 6.37. The fourth-order valence-corrected chi connectivity index (χ4v) is 2.45. The van der Waals surface area contributed by atoms with Crippen molar-refractivity contribution in [2.45, 2.75) is 25.7 Å². The number of benzene rings is 1. The molecule has 90 valence electrons. The minimum atomic E-state index is 0.0287. The fraction of sp³-hybridized carbons (Fsp3) is 0.267. The predicted octanol–water partition coefficient (Wildman–Crippen LogP) is 2.39. The number of hydrogen-bond donors (Lipinski definition) is 0. The van der Waals surface area contributed by atoms with Crippen LogP contribution >= 0.6 is 0 Å². The molecule has 0 amide bonds. The molecule has 0 radical (unpaired) electrons. The van der Waals surface area contributed by atoms with Crippen molar-refractivity contribution in [2.75, 3.05) is 0 Å². The van der Waals surface area contributed by atoms with Crippen LogP contribution in [-0.4, -0.2) is 15.8 Å². The molecule has 0 unspecified atom stereocenters. The van der Waals surface area contributed by atoms with E-state index in [0.29, 0.717) is 12.1 Å². The van der Waals surface area contributed by atoms with E-state index in [-0.39, 0.29) is 5.78 Å². The molecule has 3 nitrogen and oxygen atoms in total. The maximum absolute atomic E-state index is 12.0. The van der Waals surface area contributed by atoms with Gasteiger partial charge in [-0.05, 0) is 36.0 Å². The number of fused-ring (bicyclic) bond motifs is 1. The number of aromatic nitrogens is 2. The lowest BCUT2D eigenvalue weighted by Gasteiger charge is -2.04. The number of aryl methyl sites for hydroxylation is 2. The number of carbonyl (C=O) groups excluding carboxylic acids is 1. The molecule has 1 aromatic heterocycles. The van der Waals surface area contributed by atoms with Gasteiger partial charge in [-0.15, -0.1) is 0 Å². The Morgan fingerprint density at radius 1 is 1.17 bits per heavy atom. The van der Waals surface area contributed by atoms with E-state index < -0.39 is 0 Å². The number of Topliss-reactive ketones (excluding diaryl/α,β-unsaturated/α-hetero) is 1. The van der Waals surface area contributed by atoms with E-state index in [9.17, 15) is 4.79 Å². The van der Waals surface area contributed by atoms with Gasteiger partial charge in [0, 0.05) is 18.8 Å². The monoisotopic (exact) mass is 238 g/mol. The average molecular weight is 238 g/mol. The molecule has 0 bridgehead atoms. The molecule has 0 spiro atoms. The van der Waals surface area contributed by atoms with Crippen LogP contribution in [0.2, 0.25) is 0 Å². The van der Waals surface area contributed by atoms with E-state index >= 15 is 0 Å². The molecule has 0 saturated heterocycles. The second-order valence-corrected chi connectivity index (χ2v) is 4.65. The van der Waals surface area contributed by atoms with Crippen LogP contribution in [0, 0.1) is 0 Å². The third-order valence-electron chi connectivity index (χ3n) is 3.38. The molecule has 18 heavy (non-hydrogen) atoms. The maximum Gasteiger partial charge on any atom is 0.187 e. The standard InChI is InChI=1S/C15H14N2O/c18-15(14-10-16-6-7-17-14)9-11-4-5-12-2-1-3-13(12)8-11/h4-8,10H,1-3,9H2. The highest BCUT2D eigenvalue weighted by Crippen LogP contribution is 2.23. The van der Waals surface area contributed by atoms with Gasteiger partial charge < -0.3 is 0 Å². The molecule has 3 rings (SSSR count). The highest BCUT2D eigenvalue weighted by Gasteiger charge is 2.13. The van der Waals surface area contributed by atoms with Crippen LogP contribution in [0.15, 0.2) is 36.8 Å². The third kappa shape index (κ3) is 2.16. The van der Waals surface area contributed by atoms with Gasteiger partial charge in [0.15, 0.2) is 5.78 Å². The molecule has 0 N–H and O–H groups in total. The highest BCUT2D eigenvalue weighted by molar-refractivity contribution is 5.95. The van der Waals surface area contributed by atoms with E-state index in [0.717, 1.165) is 12.0 Å². The molecule has 0 fully saturated rings. The zero-order valence-electron chi connectivity index (χ0n) is 10.1. The van der Waals surface area contributed by atoms with Crippen LogP contribution in [-0.2, 0) is 19.3 Å². The Bertz CT molecular complexity index is 578. The molecule has 0 aliphatic heterocycles. The molecule has 2 aromatic rings. The molecule has 3 heteroatoms. The molecule has 1 aliphatic rings. The Labute approximate surface area is 106 Å². The first-order chi connectivity index (χ1) is 8.83. The van der Waals surface area contributed by atoms with Crippen molar-refractivity contribution in [3.8, 4) is 0 Å². The van der Waals surface area contributed by atoms with Crippen LogP contribution in [0.5, 0.6) is 0 Å². The van der Waals surface area contributed by atoms with Gasteiger partial charge in [-0.3, -0.25) is 9.78 Å². The number of ketones is 1. The van der Waals surface area contributed by atoms with Crippen molar-refractivity contribution in [3.05, 3.63) is 59.2 Å². The maximum atomic E-state index is 12.0. The Morgan fingerprint density at radius 3 is 2.89 bits per heavy atom. The average Bonchev–Trinajstić information content (AvgIpc) is 2.87. The second kappa shape index (κ2) is 4.69. The van der Waals surface area contributed by atoms with E-state index in [1.807, 2.05) is 0 Å². The number of rotatable bonds is 3. The van der Waals surface area contributed by atoms with Crippen molar-refractivity contribution in [2.24, 2.45) is 0 Å². The van der Waals surface area contributed by atoms with Gasteiger partial charge >= 0.3 is 0 Å². The number of nitrogens with zero attached hydrogens (tertiary/aromatic N) is 2. The Hall–Kier alpha value is -2.03. The van der Waals surface area contributed by atoms with Crippen LogP contribution in [0.3, 0.4) is 0 Å². The zero-order chi connectivity index (χ0) is 12.4. The smallest absolute Gasteiger partial charge is 0.187 e. The Morgan fingerprint density at radius 2 is 2.06 bits per heavy atom. The molecule has 1 aromatic carbocycles. The van der Waals surface area contributed by atoms with Crippen molar-refractivity contribution < 1.29 is 4.79 Å². The lowest BCUT2D eigenvalue weighted by atomic mass is 10.0. The largest absolute Gasteiger partial charge is 0.292 e. The summed E-state index contributed by atoms with van der Waals surface area (Å²) in [7, 11) is 0. The van der Waals surface area contributed by atoms with Crippen LogP contribution in [0.1, 0.15) is 33.6 Å². The first-order valence-electron chi connectivity index (χ1n) is 6.23. The van der Waals surface area contributed by atoms with Gasteiger partial charge in [0.1, 0.15) is 5.69 Å². The third-order valence-corrected chi connectivity index (χ3v) is 3.38. The van der Waals surface area contributed by atoms with Crippen LogP contribution in [0.4, 0.5) is 0 Å². The van der Waals surface area contributed by atoms with Gasteiger partial charge in [0.25, 0.3) is 0 Å². The summed E-state index contributed by atoms with van der Waals surface area (Å²) in [6.45, 7) is 0. The molecule has 0 saturated carbocycles. The highest BCUT2D eigenvalue weighted by atomic mass is 16.1. The Balaban J connectivity index is 1.79. The summed E-state index contributed by atoms with van der Waals surface area (Å²) in [4.78, 5) is 20.0. The zero-order valence-corrected chi connectivity index (χ0v) is 10.1. The van der Waals surface area contributed by atoms with Gasteiger partial charge in [-0.2, -0.15) is 0 Å². The van der Waals surface area contributed by atoms with E-state index in [4.69, 9.17) is 0 Å². The van der Waals surface area contributed by atoms with Crippen molar-refractivity contribution in [1.82, 2.24) is 9.97 Å². The fourth-order valence-electron chi connectivity index (χ4n) is 2.45. The normalized spacial score (nSPS) is 13.3. The summed E-state index contributed by atoms with van der Waals surface area (Å²) in [5, 5.41) is 0. The van der Waals surface area contributed by atoms with E-state index in [2.05, 4.69) is 28.2 Å². The Kier molecular flexibility index (Phi) is 2.89. The van der Waals surface area contributed by atoms with E-state index in [1.54, 1.807) is 12.4 Å². The van der Waals surface area contributed by atoms with Crippen molar-refractivity contribution in [1.29, 1.82) is 0 Å². The van der Waals surface area contributed by atoms with E-state index in [1.165, 1.54) is 30.2 Å². The second-order valence-electron chi connectivity index (χ2n) is 4.65. The van der Waals surface area contributed by atoms with Gasteiger partial charge in [-0.25, -0.2) is 4.98 Å². The summed E-state index contributed by atoms with van der Waals surface area (Å²) < 4.78 is 0. The molecule has 0 atom stereocenters. The van der Waals surface area contributed by atoms with Gasteiger partial charge in [0.05, 0.1) is 6.20 Å².